The first-order valence-corrected chi connectivity index (χ1v) is 10.4. The number of amides is 1. The van der Waals surface area contributed by atoms with Crippen LogP contribution in [0.2, 0.25) is 10.0 Å². The predicted octanol–water partition coefficient (Wildman–Crippen LogP) is 4.62. The Hall–Kier alpha value is -1.89. The third-order valence-corrected chi connectivity index (χ3v) is 5.37. The smallest absolute Gasteiger partial charge is 0.260 e. The van der Waals surface area contributed by atoms with Crippen LogP contribution < -0.4 is 16.0 Å². The minimum atomic E-state index is -0.312. The van der Waals surface area contributed by atoms with Gasteiger partial charge in [-0.2, -0.15) is 0 Å². The van der Waals surface area contributed by atoms with E-state index in [1.165, 1.54) is 6.20 Å². The van der Waals surface area contributed by atoms with Crippen molar-refractivity contribution in [3.05, 3.63) is 46.2 Å². The Morgan fingerprint density at radius 1 is 1.21 bits per heavy atom. The number of halogens is 2. The molecule has 0 aliphatic carbocycles. The van der Waals surface area contributed by atoms with Crippen LogP contribution in [-0.4, -0.2) is 35.0 Å². The van der Waals surface area contributed by atoms with Crippen LogP contribution in [-0.2, 0) is 0 Å². The largest absolute Gasteiger partial charge is 0.366 e. The standard InChI is InChI=1S/C20H25Cl2N5O/c1-2-3-17(13-6-8-23-9-7-13)26-19-16(10-15(22)12-25-19)20(28)27-18-5-4-14(21)11-24-18/h4-5,10-13,17,23H,2-3,6-9H2,1H3,(H,25,26)(H,24,27,28). The lowest BCUT2D eigenvalue weighted by atomic mass is 9.87. The lowest BCUT2D eigenvalue weighted by Gasteiger charge is -2.32. The molecule has 0 aromatic carbocycles. The molecule has 0 spiro atoms. The molecular formula is C20H25Cl2N5O. The third-order valence-electron chi connectivity index (χ3n) is 4.94. The summed E-state index contributed by atoms with van der Waals surface area (Å²) in [4.78, 5) is 21.4. The van der Waals surface area contributed by atoms with E-state index in [1.54, 1.807) is 24.4 Å². The van der Waals surface area contributed by atoms with Crippen LogP contribution in [0, 0.1) is 5.92 Å². The lowest BCUT2D eigenvalue weighted by molar-refractivity contribution is 0.102. The van der Waals surface area contributed by atoms with E-state index in [0.717, 1.165) is 38.8 Å². The number of rotatable bonds is 7. The molecule has 0 bridgehead atoms. The summed E-state index contributed by atoms with van der Waals surface area (Å²) in [6, 6.07) is 5.22. The van der Waals surface area contributed by atoms with Gasteiger partial charge >= 0.3 is 0 Å². The molecule has 6 nitrogen and oxygen atoms in total. The van der Waals surface area contributed by atoms with E-state index in [1.807, 2.05) is 0 Å². The summed E-state index contributed by atoms with van der Waals surface area (Å²) in [7, 11) is 0. The van der Waals surface area contributed by atoms with Gasteiger partial charge in [-0.1, -0.05) is 36.5 Å². The first kappa shape index (κ1) is 20.8. The summed E-state index contributed by atoms with van der Waals surface area (Å²) in [5, 5.41) is 10.6. The van der Waals surface area contributed by atoms with Crippen molar-refractivity contribution in [3.8, 4) is 0 Å². The number of carbonyl (C=O) groups is 1. The number of carbonyl (C=O) groups excluding carboxylic acids is 1. The van der Waals surface area contributed by atoms with Crippen molar-refractivity contribution in [3.63, 3.8) is 0 Å². The van der Waals surface area contributed by atoms with Gasteiger partial charge < -0.3 is 16.0 Å². The molecule has 1 amide bonds. The van der Waals surface area contributed by atoms with Crippen LogP contribution in [0.4, 0.5) is 11.6 Å². The predicted molar refractivity (Wildman–Crippen MR) is 114 cm³/mol. The van der Waals surface area contributed by atoms with Crippen LogP contribution in [0.5, 0.6) is 0 Å². The second-order valence-electron chi connectivity index (χ2n) is 6.99. The van der Waals surface area contributed by atoms with Crippen molar-refractivity contribution in [2.75, 3.05) is 23.7 Å². The van der Waals surface area contributed by atoms with Gasteiger partial charge in [-0.15, -0.1) is 0 Å². The molecule has 3 rings (SSSR count). The van der Waals surface area contributed by atoms with Crippen molar-refractivity contribution in [1.82, 2.24) is 15.3 Å². The van der Waals surface area contributed by atoms with E-state index in [2.05, 4.69) is 32.8 Å². The highest BCUT2D eigenvalue weighted by Crippen LogP contribution is 2.26. The summed E-state index contributed by atoms with van der Waals surface area (Å²) < 4.78 is 0. The molecule has 2 aromatic rings. The molecule has 3 heterocycles. The molecule has 1 unspecified atom stereocenters. The van der Waals surface area contributed by atoms with E-state index >= 15 is 0 Å². The van der Waals surface area contributed by atoms with Crippen molar-refractivity contribution in [2.45, 2.75) is 38.6 Å². The van der Waals surface area contributed by atoms with E-state index < -0.39 is 0 Å². The zero-order valence-corrected chi connectivity index (χ0v) is 17.4. The van der Waals surface area contributed by atoms with Crippen LogP contribution >= 0.6 is 23.2 Å². The zero-order valence-electron chi connectivity index (χ0n) is 15.8. The average molecular weight is 422 g/mol. The maximum absolute atomic E-state index is 12.9. The minimum Gasteiger partial charge on any atom is -0.366 e. The third kappa shape index (κ3) is 5.56. The van der Waals surface area contributed by atoms with Gasteiger partial charge in [-0.3, -0.25) is 4.79 Å². The molecule has 0 saturated carbocycles. The van der Waals surface area contributed by atoms with E-state index in [-0.39, 0.29) is 11.9 Å². The summed E-state index contributed by atoms with van der Waals surface area (Å²) in [6.07, 6.45) is 7.36. The summed E-state index contributed by atoms with van der Waals surface area (Å²) >= 11 is 12.0. The molecule has 2 aromatic heterocycles. The SMILES string of the molecule is CCCC(Nc1ncc(Cl)cc1C(=O)Nc1ccc(Cl)cn1)C1CCNCC1. The average Bonchev–Trinajstić information content (AvgIpc) is 2.71. The van der Waals surface area contributed by atoms with Gasteiger partial charge in [0.15, 0.2) is 0 Å². The number of nitrogens with zero attached hydrogens (tertiary/aromatic N) is 2. The number of anilines is 2. The van der Waals surface area contributed by atoms with Crippen molar-refractivity contribution >= 4 is 40.7 Å². The van der Waals surface area contributed by atoms with Crippen LogP contribution in [0.15, 0.2) is 30.6 Å². The quantitative estimate of drug-likeness (QED) is 0.607. The van der Waals surface area contributed by atoms with Crippen LogP contribution in [0.25, 0.3) is 0 Å². The monoisotopic (exact) mass is 421 g/mol. The van der Waals surface area contributed by atoms with Gasteiger partial charge in [0.1, 0.15) is 11.6 Å². The topological polar surface area (TPSA) is 78.9 Å². The molecule has 1 saturated heterocycles. The molecule has 150 valence electrons. The van der Waals surface area contributed by atoms with E-state index in [4.69, 9.17) is 23.2 Å². The molecule has 1 atom stereocenters. The summed E-state index contributed by atoms with van der Waals surface area (Å²) in [6.45, 7) is 4.22. The molecule has 3 N–H and O–H groups in total. The Kier molecular flexibility index (Phi) is 7.48. The fourth-order valence-electron chi connectivity index (χ4n) is 3.52. The maximum atomic E-state index is 12.9. The highest BCUT2D eigenvalue weighted by molar-refractivity contribution is 6.31. The van der Waals surface area contributed by atoms with Gasteiger partial charge in [0.2, 0.25) is 0 Å². The van der Waals surface area contributed by atoms with Gasteiger partial charge in [-0.05, 0) is 56.5 Å². The molecule has 8 heteroatoms. The molecule has 1 aliphatic rings. The summed E-state index contributed by atoms with van der Waals surface area (Å²) in [5.74, 6) is 1.21. The Morgan fingerprint density at radius 2 is 1.96 bits per heavy atom. The van der Waals surface area contributed by atoms with Crippen LogP contribution in [0.3, 0.4) is 0 Å². The molecule has 1 aliphatic heterocycles. The second kappa shape index (κ2) is 10.0. The van der Waals surface area contributed by atoms with E-state index in [0.29, 0.717) is 33.2 Å². The number of piperidine rings is 1. The Labute approximate surface area is 175 Å². The molecule has 0 radical (unpaired) electrons. The number of hydrogen-bond donors (Lipinski definition) is 3. The van der Waals surface area contributed by atoms with Crippen molar-refractivity contribution < 1.29 is 4.79 Å². The Balaban J connectivity index is 1.80. The van der Waals surface area contributed by atoms with Crippen molar-refractivity contribution in [1.29, 1.82) is 0 Å². The van der Waals surface area contributed by atoms with Crippen LogP contribution in [0.1, 0.15) is 43.0 Å². The lowest BCUT2D eigenvalue weighted by Crippen LogP contribution is -2.38. The Bertz CT molecular complexity index is 794. The molecule has 28 heavy (non-hydrogen) atoms. The first-order chi connectivity index (χ1) is 13.6. The fraction of sp³-hybridized carbons (Fsp3) is 0.450. The summed E-state index contributed by atoms with van der Waals surface area (Å²) in [5.41, 5.74) is 0.402. The number of hydrogen-bond acceptors (Lipinski definition) is 5. The van der Waals surface area contributed by atoms with Gasteiger partial charge in [0.25, 0.3) is 5.91 Å². The molecular weight excluding hydrogens is 397 g/mol. The number of aromatic nitrogens is 2. The van der Waals surface area contributed by atoms with Gasteiger partial charge in [-0.25, -0.2) is 9.97 Å². The van der Waals surface area contributed by atoms with Gasteiger partial charge in [0, 0.05) is 18.4 Å². The highest BCUT2D eigenvalue weighted by Gasteiger charge is 2.25. The maximum Gasteiger partial charge on any atom is 0.260 e. The first-order valence-electron chi connectivity index (χ1n) is 9.62. The highest BCUT2D eigenvalue weighted by atomic mass is 35.5. The fourth-order valence-corrected chi connectivity index (χ4v) is 3.79. The number of nitrogens with one attached hydrogen (secondary N) is 3. The second-order valence-corrected chi connectivity index (χ2v) is 7.87. The zero-order chi connectivity index (χ0) is 19.9. The Morgan fingerprint density at radius 3 is 2.64 bits per heavy atom. The normalized spacial score (nSPS) is 15.8. The van der Waals surface area contributed by atoms with E-state index in [9.17, 15) is 4.79 Å². The van der Waals surface area contributed by atoms with Crippen molar-refractivity contribution in [2.24, 2.45) is 5.92 Å². The minimum absolute atomic E-state index is 0.265. The molecule has 1 fully saturated rings. The number of pyridine rings is 2. The van der Waals surface area contributed by atoms with Gasteiger partial charge in [0.05, 0.1) is 15.6 Å².